The Balaban J connectivity index is 1.59. The van der Waals surface area contributed by atoms with E-state index in [9.17, 15) is 9.18 Å². The summed E-state index contributed by atoms with van der Waals surface area (Å²) in [6, 6.07) is 4.30. The van der Waals surface area contributed by atoms with Gasteiger partial charge in [-0.3, -0.25) is 4.79 Å². The fraction of sp³-hybridized carbons (Fsp3) is 0.588. The molecule has 4 bridgehead atoms. The Labute approximate surface area is 129 Å². The molecule has 4 fully saturated rings. The predicted molar refractivity (Wildman–Crippen MR) is 80.6 cm³/mol. The second-order valence-corrected chi connectivity index (χ2v) is 7.71. The van der Waals surface area contributed by atoms with Crippen molar-refractivity contribution in [3.63, 3.8) is 0 Å². The predicted octanol–water partition coefficient (Wildman–Crippen LogP) is 4.63. The maximum Gasteiger partial charge on any atom is 0.230 e. The Hall–Kier alpha value is -1.09. The van der Waals surface area contributed by atoms with E-state index in [4.69, 9.17) is 11.6 Å². The van der Waals surface area contributed by atoms with E-state index in [1.165, 1.54) is 37.5 Å². The van der Waals surface area contributed by atoms with Gasteiger partial charge in [-0.2, -0.15) is 0 Å². The van der Waals surface area contributed by atoms with Crippen LogP contribution >= 0.6 is 11.6 Å². The summed E-state index contributed by atoms with van der Waals surface area (Å²) in [7, 11) is 0. The summed E-state index contributed by atoms with van der Waals surface area (Å²) < 4.78 is 13.8. The van der Waals surface area contributed by atoms with E-state index in [-0.39, 0.29) is 17.0 Å². The molecular formula is C17H19ClFNO. The molecule has 21 heavy (non-hydrogen) atoms. The zero-order valence-corrected chi connectivity index (χ0v) is 12.6. The number of benzene rings is 1. The Morgan fingerprint density at radius 3 is 2.29 bits per heavy atom. The lowest BCUT2D eigenvalue weighted by molar-refractivity contribution is -0.140. The van der Waals surface area contributed by atoms with Crippen LogP contribution in [0.5, 0.6) is 0 Å². The number of hydrogen-bond acceptors (Lipinski definition) is 1. The second-order valence-electron chi connectivity index (χ2n) is 7.28. The van der Waals surface area contributed by atoms with Crippen LogP contribution in [0, 0.1) is 29.0 Å². The Morgan fingerprint density at radius 2 is 1.71 bits per heavy atom. The van der Waals surface area contributed by atoms with E-state index in [0.717, 1.165) is 19.3 Å². The van der Waals surface area contributed by atoms with Gasteiger partial charge in [-0.05, 0) is 74.5 Å². The minimum absolute atomic E-state index is 0.00256. The molecule has 5 rings (SSSR count). The average molecular weight is 308 g/mol. The van der Waals surface area contributed by atoms with Gasteiger partial charge in [-0.1, -0.05) is 11.6 Å². The van der Waals surface area contributed by atoms with E-state index in [1.54, 1.807) is 0 Å². The molecule has 0 aliphatic heterocycles. The van der Waals surface area contributed by atoms with Gasteiger partial charge in [0.05, 0.1) is 11.1 Å². The van der Waals surface area contributed by atoms with Gasteiger partial charge in [0.15, 0.2) is 0 Å². The normalized spacial score (nSPS) is 36.8. The van der Waals surface area contributed by atoms with Gasteiger partial charge in [0.1, 0.15) is 5.82 Å². The minimum atomic E-state index is -0.419. The van der Waals surface area contributed by atoms with Crippen molar-refractivity contribution in [2.75, 3.05) is 5.32 Å². The molecule has 0 heterocycles. The number of rotatable bonds is 2. The molecule has 0 atom stereocenters. The van der Waals surface area contributed by atoms with Crippen LogP contribution in [-0.4, -0.2) is 5.91 Å². The van der Waals surface area contributed by atoms with Gasteiger partial charge in [0.2, 0.25) is 5.91 Å². The summed E-state index contributed by atoms with van der Waals surface area (Å²) >= 11 is 5.90. The molecule has 1 aromatic rings. The molecule has 112 valence electrons. The lowest BCUT2D eigenvalue weighted by Crippen LogP contribution is -2.51. The number of halogens is 2. The molecule has 1 aromatic carbocycles. The zero-order valence-electron chi connectivity index (χ0n) is 11.9. The first-order chi connectivity index (χ1) is 10.0. The lowest BCUT2D eigenvalue weighted by Gasteiger charge is -2.55. The van der Waals surface area contributed by atoms with Crippen molar-refractivity contribution in [2.45, 2.75) is 38.5 Å². The molecule has 4 aliphatic rings. The van der Waals surface area contributed by atoms with Gasteiger partial charge in [-0.15, -0.1) is 0 Å². The van der Waals surface area contributed by atoms with Crippen molar-refractivity contribution in [1.29, 1.82) is 0 Å². The van der Waals surface area contributed by atoms with Gasteiger partial charge >= 0.3 is 0 Å². The van der Waals surface area contributed by atoms with Crippen molar-refractivity contribution in [1.82, 2.24) is 0 Å². The van der Waals surface area contributed by atoms with Gasteiger partial charge in [0.25, 0.3) is 0 Å². The van der Waals surface area contributed by atoms with Gasteiger partial charge in [0, 0.05) is 5.02 Å². The van der Waals surface area contributed by atoms with Crippen LogP contribution in [0.15, 0.2) is 18.2 Å². The van der Waals surface area contributed by atoms with Crippen LogP contribution < -0.4 is 5.32 Å². The number of carbonyl (C=O) groups excluding carboxylic acids is 1. The average Bonchev–Trinajstić information content (AvgIpc) is 2.41. The molecule has 2 nitrogen and oxygen atoms in total. The Bertz CT molecular complexity index is 565. The van der Waals surface area contributed by atoms with Crippen molar-refractivity contribution < 1.29 is 9.18 Å². The Kier molecular flexibility index (Phi) is 3.04. The number of amides is 1. The van der Waals surface area contributed by atoms with Crippen LogP contribution in [0.25, 0.3) is 0 Å². The van der Waals surface area contributed by atoms with E-state index in [0.29, 0.717) is 22.8 Å². The third-order valence-corrected chi connectivity index (χ3v) is 5.93. The highest BCUT2D eigenvalue weighted by atomic mass is 35.5. The van der Waals surface area contributed by atoms with E-state index in [2.05, 4.69) is 5.32 Å². The fourth-order valence-electron chi connectivity index (χ4n) is 5.24. The summed E-state index contributed by atoms with van der Waals surface area (Å²) in [5.74, 6) is 1.68. The molecule has 4 aliphatic carbocycles. The monoisotopic (exact) mass is 307 g/mol. The standard InChI is InChI=1S/C17H19ClFNO/c18-13-1-2-14(19)15(6-13)20-16(21)17-7-10-3-11(8-17)5-12(4-10)9-17/h1-2,6,10-12H,3-5,7-9H2,(H,20,21). The van der Waals surface area contributed by atoms with Crippen molar-refractivity contribution in [3.8, 4) is 0 Å². The molecular weight excluding hydrogens is 289 g/mol. The summed E-state index contributed by atoms with van der Waals surface area (Å²) in [6.45, 7) is 0. The molecule has 1 N–H and O–H groups in total. The molecule has 4 heteroatoms. The number of carbonyl (C=O) groups is 1. The Morgan fingerprint density at radius 1 is 1.14 bits per heavy atom. The quantitative estimate of drug-likeness (QED) is 0.847. The van der Waals surface area contributed by atoms with Crippen LogP contribution in [0.3, 0.4) is 0 Å². The molecule has 0 spiro atoms. The highest BCUT2D eigenvalue weighted by Crippen LogP contribution is 2.60. The highest BCUT2D eigenvalue weighted by molar-refractivity contribution is 6.30. The maximum atomic E-state index is 13.8. The number of anilines is 1. The van der Waals surface area contributed by atoms with Crippen LogP contribution in [0.4, 0.5) is 10.1 Å². The third kappa shape index (κ3) is 2.26. The zero-order chi connectivity index (χ0) is 14.6. The maximum absolute atomic E-state index is 13.8. The first-order valence-electron chi connectivity index (χ1n) is 7.81. The molecule has 4 saturated carbocycles. The number of hydrogen-bond donors (Lipinski definition) is 1. The summed E-state index contributed by atoms with van der Waals surface area (Å²) in [5, 5.41) is 3.25. The first kappa shape index (κ1) is 13.6. The van der Waals surface area contributed by atoms with Crippen LogP contribution in [-0.2, 0) is 4.79 Å². The molecule has 0 unspecified atom stereocenters. The van der Waals surface area contributed by atoms with Crippen molar-refractivity contribution in [3.05, 3.63) is 29.0 Å². The first-order valence-corrected chi connectivity index (χ1v) is 8.18. The van der Waals surface area contributed by atoms with Gasteiger partial charge in [-0.25, -0.2) is 4.39 Å². The van der Waals surface area contributed by atoms with E-state index >= 15 is 0 Å². The second kappa shape index (κ2) is 4.70. The smallest absolute Gasteiger partial charge is 0.230 e. The van der Waals surface area contributed by atoms with Crippen LogP contribution in [0.2, 0.25) is 5.02 Å². The molecule has 0 saturated heterocycles. The van der Waals surface area contributed by atoms with Crippen molar-refractivity contribution in [2.24, 2.45) is 23.2 Å². The van der Waals surface area contributed by atoms with E-state index < -0.39 is 5.82 Å². The number of nitrogens with one attached hydrogen (secondary N) is 1. The summed E-state index contributed by atoms with van der Waals surface area (Å²) in [4.78, 5) is 12.8. The van der Waals surface area contributed by atoms with Gasteiger partial charge < -0.3 is 5.32 Å². The van der Waals surface area contributed by atoms with Crippen molar-refractivity contribution >= 4 is 23.2 Å². The topological polar surface area (TPSA) is 29.1 Å². The summed E-state index contributed by atoms with van der Waals surface area (Å²) in [6.07, 6.45) is 6.81. The SMILES string of the molecule is O=C(Nc1cc(Cl)ccc1F)C12CC3CC(CC(C3)C1)C2. The molecule has 1 amide bonds. The highest BCUT2D eigenvalue weighted by Gasteiger charge is 2.54. The molecule has 0 radical (unpaired) electrons. The van der Waals surface area contributed by atoms with E-state index in [1.807, 2.05) is 0 Å². The molecule has 0 aromatic heterocycles. The largest absolute Gasteiger partial charge is 0.323 e. The summed E-state index contributed by atoms with van der Waals surface area (Å²) in [5.41, 5.74) is -0.0491. The minimum Gasteiger partial charge on any atom is -0.323 e. The van der Waals surface area contributed by atoms with Crippen LogP contribution in [0.1, 0.15) is 38.5 Å². The third-order valence-electron chi connectivity index (χ3n) is 5.70. The lowest BCUT2D eigenvalue weighted by atomic mass is 9.49. The fourth-order valence-corrected chi connectivity index (χ4v) is 5.41.